The summed E-state index contributed by atoms with van der Waals surface area (Å²) in [5, 5.41) is 16.8. The standard InChI is InChI=1S/C12H18O9S/c13-9(14)5-1-3-7-11(17)20-22(19)21-12(18)8-4-2-6-10(15)16/h1-8H2,(H,13,14)(H,15,16). The zero-order chi connectivity index (χ0) is 17.0. The molecule has 0 bridgehead atoms. The Bertz CT molecular complexity index is 394. The fourth-order valence-electron chi connectivity index (χ4n) is 1.34. The van der Waals surface area contributed by atoms with E-state index in [-0.39, 0.29) is 51.4 Å². The maximum atomic E-state index is 11.2. The zero-order valence-electron chi connectivity index (χ0n) is 11.8. The zero-order valence-corrected chi connectivity index (χ0v) is 12.6. The Kier molecular flexibility index (Phi) is 10.6. The van der Waals surface area contributed by atoms with E-state index in [0.717, 1.165) is 0 Å². The topological polar surface area (TPSA) is 144 Å². The van der Waals surface area contributed by atoms with Crippen LogP contribution in [0.3, 0.4) is 0 Å². The molecule has 0 heterocycles. The van der Waals surface area contributed by atoms with Crippen LogP contribution in [-0.2, 0) is 38.9 Å². The van der Waals surface area contributed by atoms with Crippen molar-refractivity contribution in [2.75, 3.05) is 0 Å². The Hall–Kier alpha value is -1.97. The molecule has 0 aliphatic rings. The molecule has 126 valence electrons. The van der Waals surface area contributed by atoms with Crippen LogP contribution in [0.4, 0.5) is 0 Å². The van der Waals surface area contributed by atoms with E-state index < -0.39 is 35.2 Å². The number of carbonyl (C=O) groups is 4. The SMILES string of the molecule is O=C(O)CCCCC(=O)OS(=O)OC(=O)CCCCC(=O)O. The van der Waals surface area contributed by atoms with Gasteiger partial charge < -0.3 is 18.6 Å². The van der Waals surface area contributed by atoms with Crippen LogP contribution in [0.15, 0.2) is 0 Å². The smallest absolute Gasteiger partial charge is 0.422 e. The molecular formula is C12H18O9S. The van der Waals surface area contributed by atoms with Gasteiger partial charge in [-0.3, -0.25) is 19.2 Å². The fourth-order valence-corrected chi connectivity index (χ4v) is 1.85. The number of carbonyl (C=O) groups excluding carboxylic acids is 2. The van der Waals surface area contributed by atoms with Crippen molar-refractivity contribution in [3.8, 4) is 0 Å². The van der Waals surface area contributed by atoms with Crippen molar-refractivity contribution in [2.45, 2.75) is 51.4 Å². The molecule has 0 aliphatic heterocycles. The second-order valence-corrected chi connectivity index (χ2v) is 5.06. The number of carboxylic acid groups (broad SMARTS) is 2. The molecule has 10 heteroatoms. The summed E-state index contributed by atoms with van der Waals surface area (Å²) in [5.74, 6) is -3.67. The van der Waals surface area contributed by atoms with E-state index in [2.05, 4.69) is 8.37 Å². The lowest BCUT2D eigenvalue weighted by Crippen LogP contribution is -2.14. The minimum atomic E-state index is -2.54. The number of aliphatic carboxylic acids is 2. The highest BCUT2D eigenvalue weighted by atomic mass is 32.2. The van der Waals surface area contributed by atoms with Crippen molar-refractivity contribution in [3.05, 3.63) is 0 Å². The highest BCUT2D eigenvalue weighted by Crippen LogP contribution is 2.05. The molecule has 0 saturated carbocycles. The van der Waals surface area contributed by atoms with Gasteiger partial charge in [0.05, 0.1) is 0 Å². The predicted molar refractivity (Wildman–Crippen MR) is 72.5 cm³/mol. The number of carboxylic acids is 2. The average molecular weight is 338 g/mol. The lowest BCUT2D eigenvalue weighted by Gasteiger charge is -2.03. The van der Waals surface area contributed by atoms with E-state index in [0.29, 0.717) is 0 Å². The highest BCUT2D eigenvalue weighted by Gasteiger charge is 2.14. The molecular weight excluding hydrogens is 320 g/mol. The van der Waals surface area contributed by atoms with E-state index in [4.69, 9.17) is 10.2 Å². The Morgan fingerprint density at radius 2 is 1.00 bits per heavy atom. The molecule has 0 rings (SSSR count). The summed E-state index contributed by atoms with van der Waals surface area (Å²) in [6, 6.07) is 0. The minimum Gasteiger partial charge on any atom is -0.481 e. The van der Waals surface area contributed by atoms with Gasteiger partial charge in [0.25, 0.3) is 0 Å². The van der Waals surface area contributed by atoms with Gasteiger partial charge >= 0.3 is 35.2 Å². The van der Waals surface area contributed by atoms with E-state index >= 15 is 0 Å². The summed E-state index contributed by atoms with van der Waals surface area (Å²) in [7, 11) is 0. The molecule has 0 amide bonds. The first kappa shape index (κ1) is 20.0. The van der Waals surface area contributed by atoms with E-state index in [1.54, 1.807) is 0 Å². The third-order valence-corrected chi connectivity index (χ3v) is 3.01. The first-order valence-corrected chi connectivity index (χ1v) is 7.59. The molecule has 0 aromatic heterocycles. The summed E-state index contributed by atoms with van der Waals surface area (Å²) in [6.45, 7) is 0. The normalized spacial score (nSPS) is 10.2. The molecule has 0 aromatic rings. The van der Waals surface area contributed by atoms with Crippen LogP contribution in [-0.4, -0.2) is 38.3 Å². The molecule has 2 N–H and O–H groups in total. The number of hydrogen-bond acceptors (Lipinski definition) is 7. The van der Waals surface area contributed by atoms with Crippen molar-refractivity contribution in [1.82, 2.24) is 0 Å². The molecule has 0 fully saturated rings. The number of hydrogen-bond donors (Lipinski definition) is 2. The van der Waals surface area contributed by atoms with Crippen molar-refractivity contribution < 1.29 is 42.0 Å². The summed E-state index contributed by atoms with van der Waals surface area (Å²) < 4.78 is 19.8. The molecule has 0 radical (unpaired) electrons. The van der Waals surface area contributed by atoms with Gasteiger partial charge in [-0.15, -0.1) is 0 Å². The quantitative estimate of drug-likeness (QED) is 0.496. The molecule has 0 saturated heterocycles. The second-order valence-electron chi connectivity index (χ2n) is 4.32. The Balaban J connectivity index is 3.73. The molecule has 0 atom stereocenters. The Morgan fingerprint density at radius 1 is 0.682 bits per heavy atom. The van der Waals surface area contributed by atoms with Crippen LogP contribution in [0.2, 0.25) is 0 Å². The van der Waals surface area contributed by atoms with Crippen LogP contribution in [0, 0.1) is 0 Å². The van der Waals surface area contributed by atoms with E-state index in [1.807, 2.05) is 0 Å². The molecule has 0 aromatic carbocycles. The van der Waals surface area contributed by atoms with Crippen molar-refractivity contribution in [1.29, 1.82) is 0 Å². The minimum absolute atomic E-state index is 0.0816. The van der Waals surface area contributed by atoms with Crippen molar-refractivity contribution in [3.63, 3.8) is 0 Å². The van der Waals surface area contributed by atoms with Gasteiger partial charge in [0, 0.05) is 25.7 Å². The van der Waals surface area contributed by atoms with Crippen LogP contribution >= 0.6 is 0 Å². The lowest BCUT2D eigenvalue weighted by molar-refractivity contribution is -0.139. The second kappa shape index (κ2) is 11.7. The van der Waals surface area contributed by atoms with Crippen LogP contribution < -0.4 is 0 Å². The largest absolute Gasteiger partial charge is 0.481 e. The van der Waals surface area contributed by atoms with Crippen LogP contribution in [0.1, 0.15) is 51.4 Å². The monoisotopic (exact) mass is 338 g/mol. The van der Waals surface area contributed by atoms with E-state index in [9.17, 15) is 23.4 Å². The predicted octanol–water partition coefficient (Wildman–Crippen LogP) is 0.942. The third kappa shape index (κ3) is 13.0. The molecule has 0 unspecified atom stereocenters. The average Bonchev–Trinajstić information content (AvgIpc) is 2.39. The van der Waals surface area contributed by atoms with Gasteiger partial charge in [-0.25, -0.2) is 0 Å². The molecule has 0 spiro atoms. The van der Waals surface area contributed by atoms with Crippen molar-refractivity contribution in [2.24, 2.45) is 0 Å². The van der Waals surface area contributed by atoms with E-state index in [1.165, 1.54) is 0 Å². The molecule has 22 heavy (non-hydrogen) atoms. The molecule has 9 nitrogen and oxygen atoms in total. The first-order chi connectivity index (χ1) is 10.3. The molecule has 0 aliphatic carbocycles. The summed E-state index contributed by atoms with van der Waals surface area (Å²) in [5.41, 5.74) is 0. The van der Waals surface area contributed by atoms with Gasteiger partial charge in [-0.05, 0) is 25.7 Å². The number of rotatable bonds is 12. The summed E-state index contributed by atoms with van der Waals surface area (Å²) in [6.07, 6.45) is 0.644. The maximum absolute atomic E-state index is 11.2. The number of unbranched alkanes of at least 4 members (excludes halogenated alkanes) is 2. The fraction of sp³-hybridized carbons (Fsp3) is 0.667. The summed E-state index contributed by atoms with van der Waals surface area (Å²) >= 11 is -2.54. The lowest BCUT2D eigenvalue weighted by atomic mass is 10.2. The summed E-state index contributed by atoms with van der Waals surface area (Å²) in [4.78, 5) is 42.9. The maximum Gasteiger partial charge on any atom is 0.422 e. The van der Waals surface area contributed by atoms with Crippen LogP contribution in [0.25, 0.3) is 0 Å². The van der Waals surface area contributed by atoms with Crippen LogP contribution in [0.5, 0.6) is 0 Å². The first-order valence-electron chi connectivity index (χ1n) is 6.59. The third-order valence-electron chi connectivity index (χ3n) is 2.37. The van der Waals surface area contributed by atoms with Gasteiger partial charge in [0.15, 0.2) is 0 Å². The van der Waals surface area contributed by atoms with Gasteiger partial charge in [0.1, 0.15) is 0 Å². The van der Waals surface area contributed by atoms with Crippen molar-refractivity contribution >= 4 is 35.2 Å². The Morgan fingerprint density at radius 3 is 1.32 bits per heavy atom. The Labute approximate surface area is 129 Å². The highest BCUT2D eigenvalue weighted by molar-refractivity contribution is 7.76. The van der Waals surface area contributed by atoms with Gasteiger partial charge in [-0.1, -0.05) is 0 Å². The van der Waals surface area contributed by atoms with Gasteiger partial charge in [-0.2, -0.15) is 4.21 Å². The van der Waals surface area contributed by atoms with Gasteiger partial charge in [0.2, 0.25) is 0 Å².